The Morgan fingerprint density at radius 1 is 0.410 bits per heavy atom. The Hall–Kier alpha value is -2.43. The molecule has 0 saturated heterocycles. The highest BCUT2D eigenvalue weighted by Crippen LogP contribution is 2.17. The van der Waals surface area contributed by atoms with Gasteiger partial charge in [0.05, 0.1) is 18.8 Å². The number of nitrogens with one attached hydrogen (secondary N) is 1. The van der Waals surface area contributed by atoms with Crippen LogP contribution in [0.3, 0.4) is 0 Å². The third-order valence-electron chi connectivity index (χ3n) is 11.7. The van der Waals surface area contributed by atoms with Gasteiger partial charge in [0.1, 0.15) is 0 Å². The number of unbranched alkanes of at least 4 members (excludes halogenated alkanes) is 26. The maximum atomic E-state index is 12.5. The molecule has 4 nitrogen and oxygen atoms in total. The zero-order valence-corrected chi connectivity index (χ0v) is 40.4. The fourth-order valence-corrected chi connectivity index (χ4v) is 7.69. The number of aliphatic hydroxyl groups is 2. The summed E-state index contributed by atoms with van der Waals surface area (Å²) in [6, 6.07) is -0.561. The lowest BCUT2D eigenvalue weighted by atomic mass is 10.0. The van der Waals surface area contributed by atoms with Crippen molar-refractivity contribution >= 4 is 5.91 Å². The predicted octanol–water partition coefficient (Wildman–Crippen LogP) is 17.2. The lowest BCUT2D eigenvalue weighted by Gasteiger charge is -2.22. The second-order valence-corrected chi connectivity index (χ2v) is 17.6. The summed E-state index contributed by atoms with van der Waals surface area (Å²) in [5, 5.41) is 23.3. The first-order chi connectivity index (χ1) is 30.2. The summed E-state index contributed by atoms with van der Waals surface area (Å²) in [6.45, 7) is 4.24. The maximum absolute atomic E-state index is 12.5. The second-order valence-electron chi connectivity index (χ2n) is 17.6. The van der Waals surface area contributed by atoms with E-state index >= 15 is 0 Å². The van der Waals surface area contributed by atoms with E-state index in [-0.39, 0.29) is 12.5 Å². The van der Waals surface area contributed by atoms with E-state index in [0.717, 1.165) is 83.5 Å². The van der Waals surface area contributed by atoms with Gasteiger partial charge in [-0.25, -0.2) is 0 Å². The molecule has 0 aromatic carbocycles. The van der Waals surface area contributed by atoms with Crippen LogP contribution < -0.4 is 5.32 Å². The molecule has 2 unspecified atom stereocenters. The summed E-state index contributed by atoms with van der Waals surface area (Å²) < 4.78 is 0. The summed E-state index contributed by atoms with van der Waals surface area (Å²) in [6.07, 6.45) is 75.5. The van der Waals surface area contributed by atoms with Crippen molar-refractivity contribution in [3.8, 4) is 0 Å². The molecule has 0 spiro atoms. The van der Waals surface area contributed by atoms with E-state index in [1.807, 2.05) is 0 Å². The molecular weight excluding hydrogens is 747 g/mol. The second kappa shape index (κ2) is 51.9. The van der Waals surface area contributed by atoms with Crippen molar-refractivity contribution < 1.29 is 15.0 Å². The van der Waals surface area contributed by atoms with Crippen LogP contribution in [0.5, 0.6) is 0 Å². The van der Waals surface area contributed by atoms with Crippen molar-refractivity contribution in [3.05, 3.63) is 85.1 Å². The van der Waals surface area contributed by atoms with E-state index < -0.39 is 12.1 Å². The summed E-state index contributed by atoms with van der Waals surface area (Å²) in [4.78, 5) is 12.5. The van der Waals surface area contributed by atoms with Gasteiger partial charge in [0.15, 0.2) is 0 Å². The van der Waals surface area contributed by atoms with E-state index in [9.17, 15) is 15.0 Å². The molecule has 0 rings (SSSR count). The number of hydrogen-bond donors (Lipinski definition) is 3. The number of carbonyl (C=O) groups excluding carboxylic acids is 1. The Kier molecular flexibility index (Phi) is 49.8. The molecule has 4 heteroatoms. The van der Waals surface area contributed by atoms with Crippen LogP contribution in [0.1, 0.15) is 251 Å². The fraction of sp³-hybridized carbons (Fsp3) is 0.737. The molecule has 61 heavy (non-hydrogen) atoms. The highest BCUT2D eigenvalue weighted by atomic mass is 16.3. The lowest BCUT2D eigenvalue weighted by molar-refractivity contribution is -0.123. The monoisotopic (exact) mass is 848 g/mol. The average molecular weight is 848 g/mol. The smallest absolute Gasteiger partial charge is 0.220 e. The van der Waals surface area contributed by atoms with Gasteiger partial charge in [-0.1, -0.05) is 259 Å². The summed E-state index contributed by atoms with van der Waals surface area (Å²) in [5.74, 6) is -0.0640. The van der Waals surface area contributed by atoms with Gasteiger partial charge >= 0.3 is 0 Å². The van der Waals surface area contributed by atoms with Gasteiger partial charge in [-0.15, -0.1) is 0 Å². The molecule has 0 heterocycles. The first kappa shape index (κ1) is 58.6. The third kappa shape index (κ3) is 48.5. The molecule has 0 aliphatic rings. The Morgan fingerprint density at radius 2 is 0.721 bits per heavy atom. The number of rotatable bonds is 47. The Bertz CT molecular complexity index is 1100. The predicted molar refractivity (Wildman–Crippen MR) is 271 cm³/mol. The zero-order valence-electron chi connectivity index (χ0n) is 40.4. The van der Waals surface area contributed by atoms with E-state index in [0.29, 0.717) is 12.8 Å². The van der Waals surface area contributed by atoms with Crippen LogP contribution in [-0.4, -0.2) is 34.9 Å². The normalized spacial score (nSPS) is 13.6. The van der Waals surface area contributed by atoms with Crippen molar-refractivity contribution in [2.45, 2.75) is 264 Å². The lowest BCUT2D eigenvalue weighted by Crippen LogP contribution is -2.45. The van der Waals surface area contributed by atoms with E-state index in [4.69, 9.17) is 0 Å². The fourth-order valence-electron chi connectivity index (χ4n) is 7.69. The minimum absolute atomic E-state index is 0.0640. The van der Waals surface area contributed by atoms with Crippen LogP contribution in [0.4, 0.5) is 0 Å². The van der Waals surface area contributed by atoms with Gasteiger partial charge in [0.25, 0.3) is 0 Å². The van der Waals surface area contributed by atoms with E-state index in [1.54, 1.807) is 0 Å². The SMILES string of the molecule is CC/C=C\C/C=C\C/C=C\C/C=C\C/C=C\C/C=C\C/C=C\CCCCCC(=O)NC(CO)C(O)CCCCCCCCCCCCCCCCCCCCCCCCCC. The largest absolute Gasteiger partial charge is 0.394 e. The molecule has 0 radical (unpaired) electrons. The molecule has 0 aromatic rings. The highest BCUT2D eigenvalue weighted by molar-refractivity contribution is 5.76. The Balaban J connectivity index is 3.59. The first-order valence-electron chi connectivity index (χ1n) is 26.3. The van der Waals surface area contributed by atoms with Crippen LogP contribution in [0, 0.1) is 0 Å². The quantitative estimate of drug-likeness (QED) is 0.0422. The van der Waals surface area contributed by atoms with Crippen molar-refractivity contribution in [3.63, 3.8) is 0 Å². The molecule has 0 aliphatic heterocycles. The Morgan fingerprint density at radius 3 is 1.07 bits per heavy atom. The standard InChI is InChI=1S/C57H101NO3/c1-3-5-7-9-11-13-15-17-19-21-23-25-27-29-31-33-35-37-39-41-43-45-47-49-51-53-57(61)58-55(54-59)56(60)52-50-48-46-44-42-40-38-36-34-32-30-28-26-24-22-20-18-16-14-12-10-8-6-4-2/h5,7,11,13,17,19,23,25,29,31,35,37,41,43,55-56,59-60H,3-4,6,8-10,12,14-16,18,20-22,24,26-28,30,32-34,36,38-40,42,44-54H2,1-2H3,(H,58,61)/b7-5-,13-11-,19-17-,25-23-,31-29-,37-35-,43-41-. The Labute approximate surface area is 380 Å². The maximum Gasteiger partial charge on any atom is 0.220 e. The van der Waals surface area contributed by atoms with Gasteiger partial charge in [0.2, 0.25) is 5.91 Å². The van der Waals surface area contributed by atoms with Crippen LogP contribution >= 0.6 is 0 Å². The number of aliphatic hydroxyl groups excluding tert-OH is 2. The van der Waals surface area contributed by atoms with Crippen molar-refractivity contribution in [1.29, 1.82) is 0 Å². The highest BCUT2D eigenvalue weighted by Gasteiger charge is 2.20. The first-order valence-corrected chi connectivity index (χ1v) is 26.3. The van der Waals surface area contributed by atoms with Crippen LogP contribution in [0.25, 0.3) is 0 Å². The molecule has 0 fully saturated rings. The average Bonchev–Trinajstić information content (AvgIpc) is 3.26. The van der Waals surface area contributed by atoms with Gasteiger partial charge in [-0.05, 0) is 70.6 Å². The molecule has 1 amide bonds. The molecular formula is C57H101NO3. The number of carbonyl (C=O) groups is 1. The minimum atomic E-state index is -0.681. The summed E-state index contributed by atoms with van der Waals surface area (Å²) >= 11 is 0. The van der Waals surface area contributed by atoms with Gasteiger partial charge in [-0.2, -0.15) is 0 Å². The van der Waals surface area contributed by atoms with Gasteiger partial charge < -0.3 is 15.5 Å². The number of hydrogen-bond acceptors (Lipinski definition) is 3. The van der Waals surface area contributed by atoms with Crippen LogP contribution in [0.15, 0.2) is 85.1 Å². The topological polar surface area (TPSA) is 69.6 Å². The number of amides is 1. The zero-order chi connectivity index (χ0) is 44.2. The molecule has 3 N–H and O–H groups in total. The van der Waals surface area contributed by atoms with Gasteiger partial charge in [-0.3, -0.25) is 4.79 Å². The molecule has 0 saturated carbocycles. The van der Waals surface area contributed by atoms with E-state index in [2.05, 4.69) is 104 Å². The van der Waals surface area contributed by atoms with Crippen molar-refractivity contribution in [2.75, 3.05) is 6.61 Å². The van der Waals surface area contributed by atoms with Crippen molar-refractivity contribution in [1.82, 2.24) is 5.32 Å². The summed E-state index contributed by atoms with van der Waals surface area (Å²) in [7, 11) is 0. The minimum Gasteiger partial charge on any atom is -0.394 e. The van der Waals surface area contributed by atoms with Crippen LogP contribution in [0.2, 0.25) is 0 Å². The van der Waals surface area contributed by atoms with Gasteiger partial charge in [0, 0.05) is 6.42 Å². The molecule has 0 bridgehead atoms. The van der Waals surface area contributed by atoms with Crippen molar-refractivity contribution in [2.24, 2.45) is 0 Å². The molecule has 0 aliphatic carbocycles. The third-order valence-corrected chi connectivity index (χ3v) is 11.7. The molecule has 0 aromatic heterocycles. The molecule has 352 valence electrons. The van der Waals surface area contributed by atoms with E-state index in [1.165, 1.54) is 141 Å². The summed E-state index contributed by atoms with van der Waals surface area (Å²) in [5.41, 5.74) is 0. The number of allylic oxidation sites excluding steroid dienone is 14. The molecule has 2 atom stereocenters. The van der Waals surface area contributed by atoms with Crippen LogP contribution in [-0.2, 0) is 4.79 Å².